The van der Waals surface area contributed by atoms with Crippen LogP contribution < -0.4 is 0 Å². The molecule has 1 aromatic heterocycles. The standard InChI is InChI=1S/C14H14N2O4S/c1-19-14(18)11-7-20-5-4-16(11)13(17)9-2-3-10-12(6-9)21-8-15-10/h2-3,6,8,11H,4-5,7H2,1H3. The van der Waals surface area contributed by atoms with Gasteiger partial charge in [0.05, 0.1) is 36.1 Å². The number of morpholine rings is 1. The van der Waals surface area contributed by atoms with E-state index in [4.69, 9.17) is 9.47 Å². The van der Waals surface area contributed by atoms with E-state index < -0.39 is 12.0 Å². The Balaban J connectivity index is 1.89. The number of hydrogen-bond acceptors (Lipinski definition) is 6. The lowest BCUT2D eigenvalue weighted by Crippen LogP contribution is -2.53. The summed E-state index contributed by atoms with van der Waals surface area (Å²) in [6, 6.07) is 4.66. The van der Waals surface area contributed by atoms with E-state index in [2.05, 4.69) is 4.98 Å². The van der Waals surface area contributed by atoms with Crippen LogP contribution in [0.2, 0.25) is 0 Å². The monoisotopic (exact) mass is 306 g/mol. The van der Waals surface area contributed by atoms with E-state index in [1.54, 1.807) is 17.6 Å². The van der Waals surface area contributed by atoms with Crippen LogP contribution in [-0.2, 0) is 14.3 Å². The van der Waals surface area contributed by atoms with Gasteiger partial charge in [-0.05, 0) is 18.2 Å². The summed E-state index contributed by atoms with van der Waals surface area (Å²) in [7, 11) is 1.31. The Labute approximate surface area is 125 Å². The fourth-order valence-corrected chi connectivity index (χ4v) is 3.05. The molecule has 1 unspecified atom stereocenters. The highest BCUT2D eigenvalue weighted by atomic mass is 32.1. The molecule has 1 aliphatic rings. The molecule has 1 atom stereocenters. The summed E-state index contributed by atoms with van der Waals surface area (Å²) in [4.78, 5) is 30.1. The molecule has 1 aliphatic heterocycles. The lowest BCUT2D eigenvalue weighted by Gasteiger charge is -2.33. The lowest BCUT2D eigenvalue weighted by atomic mass is 10.1. The van der Waals surface area contributed by atoms with Crippen LogP contribution >= 0.6 is 11.3 Å². The number of rotatable bonds is 2. The third-order valence-electron chi connectivity index (χ3n) is 3.44. The summed E-state index contributed by atoms with van der Waals surface area (Å²) in [5.74, 6) is -0.647. The smallest absolute Gasteiger partial charge is 0.331 e. The highest BCUT2D eigenvalue weighted by molar-refractivity contribution is 7.16. The zero-order valence-electron chi connectivity index (χ0n) is 11.4. The fraction of sp³-hybridized carbons (Fsp3) is 0.357. The van der Waals surface area contributed by atoms with E-state index in [0.717, 1.165) is 10.2 Å². The highest BCUT2D eigenvalue weighted by Gasteiger charge is 2.34. The molecule has 0 saturated carbocycles. The topological polar surface area (TPSA) is 68.7 Å². The van der Waals surface area contributed by atoms with Crippen LogP contribution in [0.25, 0.3) is 10.2 Å². The molecular weight excluding hydrogens is 292 g/mol. The van der Waals surface area contributed by atoms with E-state index in [1.807, 2.05) is 6.07 Å². The second-order valence-electron chi connectivity index (χ2n) is 4.65. The first-order valence-electron chi connectivity index (χ1n) is 6.50. The van der Waals surface area contributed by atoms with Crippen LogP contribution in [0, 0.1) is 0 Å². The minimum atomic E-state index is -0.687. The normalized spacial score (nSPS) is 18.7. The van der Waals surface area contributed by atoms with Crippen molar-refractivity contribution in [3.05, 3.63) is 29.3 Å². The van der Waals surface area contributed by atoms with Crippen LogP contribution in [0.15, 0.2) is 23.7 Å². The molecule has 0 radical (unpaired) electrons. The van der Waals surface area contributed by atoms with E-state index in [1.165, 1.54) is 23.3 Å². The average Bonchev–Trinajstić information content (AvgIpc) is 3.01. The van der Waals surface area contributed by atoms with Crippen LogP contribution in [-0.4, -0.2) is 54.7 Å². The Hall–Kier alpha value is -1.99. The molecule has 1 saturated heterocycles. The SMILES string of the molecule is COC(=O)C1COCCN1C(=O)c1ccc2ncsc2c1. The van der Waals surface area contributed by atoms with E-state index in [0.29, 0.717) is 18.7 Å². The molecule has 2 heterocycles. The van der Waals surface area contributed by atoms with Gasteiger partial charge in [0.15, 0.2) is 6.04 Å². The van der Waals surface area contributed by atoms with Gasteiger partial charge in [-0.25, -0.2) is 9.78 Å². The molecular formula is C14H14N2O4S. The third kappa shape index (κ3) is 2.62. The van der Waals surface area contributed by atoms with Crippen molar-refractivity contribution in [1.82, 2.24) is 9.88 Å². The maximum atomic E-state index is 12.6. The minimum absolute atomic E-state index is 0.168. The average molecular weight is 306 g/mol. The van der Waals surface area contributed by atoms with Crippen molar-refractivity contribution in [3.8, 4) is 0 Å². The number of thiazole rings is 1. The Morgan fingerprint density at radius 2 is 2.33 bits per heavy atom. The van der Waals surface area contributed by atoms with Crippen molar-refractivity contribution in [2.24, 2.45) is 0 Å². The zero-order valence-corrected chi connectivity index (χ0v) is 12.3. The number of esters is 1. The van der Waals surface area contributed by atoms with Crippen molar-refractivity contribution in [1.29, 1.82) is 0 Å². The van der Waals surface area contributed by atoms with Gasteiger partial charge in [0.25, 0.3) is 5.91 Å². The van der Waals surface area contributed by atoms with Gasteiger partial charge >= 0.3 is 5.97 Å². The van der Waals surface area contributed by atoms with Gasteiger partial charge in [-0.2, -0.15) is 0 Å². The van der Waals surface area contributed by atoms with E-state index >= 15 is 0 Å². The Morgan fingerprint density at radius 1 is 1.48 bits per heavy atom. The summed E-state index contributed by atoms with van der Waals surface area (Å²) < 4.78 is 11.0. The van der Waals surface area contributed by atoms with Gasteiger partial charge in [0.1, 0.15) is 0 Å². The number of hydrogen-bond donors (Lipinski definition) is 0. The number of ether oxygens (including phenoxy) is 2. The number of methoxy groups -OCH3 is 1. The molecule has 0 spiro atoms. The zero-order chi connectivity index (χ0) is 14.8. The lowest BCUT2D eigenvalue weighted by molar-refractivity contribution is -0.151. The maximum absolute atomic E-state index is 12.6. The Kier molecular flexibility index (Phi) is 3.85. The van der Waals surface area contributed by atoms with Crippen molar-refractivity contribution >= 4 is 33.4 Å². The van der Waals surface area contributed by atoms with E-state index in [9.17, 15) is 9.59 Å². The number of amides is 1. The number of benzene rings is 1. The van der Waals surface area contributed by atoms with Gasteiger partial charge < -0.3 is 14.4 Å². The number of nitrogens with zero attached hydrogens (tertiary/aromatic N) is 2. The van der Waals surface area contributed by atoms with Gasteiger partial charge in [-0.3, -0.25) is 4.79 Å². The Morgan fingerprint density at radius 3 is 3.14 bits per heavy atom. The second-order valence-corrected chi connectivity index (χ2v) is 5.53. The van der Waals surface area contributed by atoms with Crippen LogP contribution in [0.5, 0.6) is 0 Å². The first-order chi connectivity index (χ1) is 10.2. The number of aromatic nitrogens is 1. The molecule has 0 aliphatic carbocycles. The molecule has 6 nitrogen and oxygen atoms in total. The van der Waals surface area contributed by atoms with Crippen molar-refractivity contribution in [2.45, 2.75) is 6.04 Å². The van der Waals surface area contributed by atoms with Crippen LogP contribution in [0.4, 0.5) is 0 Å². The highest BCUT2D eigenvalue weighted by Crippen LogP contribution is 2.21. The quantitative estimate of drug-likeness (QED) is 0.783. The molecule has 7 heteroatoms. The summed E-state index contributed by atoms with van der Waals surface area (Å²) in [5.41, 5.74) is 3.15. The molecule has 0 N–H and O–H groups in total. The number of fused-ring (bicyclic) bond motifs is 1. The molecule has 3 rings (SSSR count). The van der Waals surface area contributed by atoms with Crippen LogP contribution in [0.1, 0.15) is 10.4 Å². The molecule has 1 amide bonds. The Bertz CT molecular complexity index is 684. The molecule has 2 aromatic rings. The van der Waals surface area contributed by atoms with Crippen LogP contribution in [0.3, 0.4) is 0 Å². The van der Waals surface area contributed by atoms with Gasteiger partial charge in [-0.15, -0.1) is 11.3 Å². The molecule has 0 bridgehead atoms. The van der Waals surface area contributed by atoms with E-state index in [-0.39, 0.29) is 12.5 Å². The fourth-order valence-electron chi connectivity index (χ4n) is 2.33. The largest absolute Gasteiger partial charge is 0.467 e. The molecule has 1 fully saturated rings. The molecule has 21 heavy (non-hydrogen) atoms. The van der Waals surface area contributed by atoms with Crippen molar-refractivity contribution in [2.75, 3.05) is 26.9 Å². The van der Waals surface area contributed by atoms with Gasteiger partial charge in [0, 0.05) is 12.1 Å². The second kappa shape index (κ2) is 5.79. The minimum Gasteiger partial charge on any atom is -0.467 e. The first-order valence-corrected chi connectivity index (χ1v) is 7.38. The summed E-state index contributed by atoms with van der Waals surface area (Å²) in [6.45, 7) is 0.961. The predicted octanol–water partition coefficient (Wildman–Crippen LogP) is 1.31. The summed E-state index contributed by atoms with van der Waals surface area (Å²) in [5, 5.41) is 0. The number of carbonyl (C=O) groups excluding carboxylic acids is 2. The first kappa shape index (κ1) is 14.0. The van der Waals surface area contributed by atoms with Crippen molar-refractivity contribution < 1.29 is 19.1 Å². The summed E-state index contributed by atoms with van der Waals surface area (Å²) in [6.07, 6.45) is 0. The van der Waals surface area contributed by atoms with Gasteiger partial charge in [-0.1, -0.05) is 0 Å². The van der Waals surface area contributed by atoms with Crippen molar-refractivity contribution in [3.63, 3.8) is 0 Å². The molecule has 110 valence electrons. The predicted molar refractivity (Wildman–Crippen MR) is 77.3 cm³/mol. The third-order valence-corrected chi connectivity index (χ3v) is 4.23. The molecule has 1 aromatic carbocycles. The summed E-state index contributed by atoms with van der Waals surface area (Å²) >= 11 is 1.48. The number of carbonyl (C=O) groups is 2. The maximum Gasteiger partial charge on any atom is 0.331 e. The van der Waals surface area contributed by atoms with Gasteiger partial charge in [0.2, 0.25) is 0 Å².